The van der Waals surface area contributed by atoms with Crippen LogP contribution in [-0.4, -0.2) is 30.1 Å². The minimum absolute atomic E-state index is 0.522. The Balaban J connectivity index is 1.76. The Hall–Kier alpha value is -0.440. The Bertz CT molecular complexity index is 422. The lowest BCUT2D eigenvalue weighted by Crippen LogP contribution is -2.33. The SMILES string of the molecule is Clc1ccc(Cl)c(NC2CCN3CCCC23)c1. The van der Waals surface area contributed by atoms with Gasteiger partial charge in [0.05, 0.1) is 10.7 Å². The molecule has 2 fully saturated rings. The van der Waals surface area contributed by atoms with Crippen molar-refractivity contribution < 1.29 is 0 Å². The van der Waals surface area contributed by atoms with E-state index in [1.807, 2.05) is 18.2 Å². The van der Waals surface area contributed by atoms with E-state index in [1.165, 1.54) is 32.4 Å². The van der Waals surface area contributed by atoms with Gasteiger partial charge in [-0.05, 0) is 44.0 Å². The molecule has 92 valence electrons. The summed E-state index contributed by atoms with van der Waals surface area (Å²) < 4.78 is 0. The molecular formula is C13H16Cl2N2. The third kappa shape index (κ3) is 2.26. The lowest BCUT2D eigenvalue weighted by atomic mass is 10.1. The molecule has 0 aromatic heterocycles. The van der Waals surface area contributed by atoms with E-state index in [0.29, 0.717) is 12.1 Å². The normalized spacial score (nSPS) is 28.4. The van der Waals surface area contributed by atoms with Crippen LogP contribution in [0.2, 0.25) is 10.0 Å². The van der Waals surface area contributed by atoms with Crippen LogP contribution >= 0.6 is 23.2 Å². The fourth-order valence-corrected chi connectivity index (χ4v) is 3.40. The zero-order valence-corrected chi connectivity index (χ0v) is 11.1. The molecule has 17 heavy (non-hydrogen) atoms. The maximum atomic E-state index is 6.18. The number of nitrogens with one attached hydrogen (secondary N) is 1. The smallest absolute Gasteiger partial charge is 0.0638 e. The summed E-state index contributed by atoms with van der Waals surface area (Å²) in [6.45, 7) is 2.46. The van der Waals surface area contributed by atoms with Gasteiger partial charge in [-0.3, -0.25) is 4.90 Å². The van der Waals surface area contributed by atoms with E-state index in [-0.39, 0.29) is 0 Å². The minimum atomic E-state index is 0.522. The molecular weight excluding hydrogens is 255 g/mol. The molecule has 2 nitrogen and oxygen atoms in total. The summed E-state index contributed by atoms with van der Waals surface area (Å²) >= 11 is 12.2. The second-order valence-corrected chi connectivity index (χ2v) is 5.75. The van der Waals surface area contributed by atoms with Gasteiger partial charge in [-0.15, -0.1) is 0 Å². The van der Waals surface area contributed by atoms with Crippen LogP contribution in [0.5, 0.6) is 0 Å². The highest BCUT2D eigenvalue weighted by Crippen LogP contribution is 2.33. The molecule has 2 aliphatic rings. The van der Waals surface area contributed by atoms with E-state index in [0.717, 1.165) is 15.7 Å². The van der Waals surface area contributed by atoms with Crippen LogP contribution in [0.15, 0.2) is 18.2 Å². The second kappa shape index (κ2) is 4.68. The number of nitrogens with zero attached hydrogens (tertiary/aromatic N) is 1. The van der Waals surface area contributed by atoms with E-state index < -0.39 is 0 Å². The van der Waals surface area contributed by atoms with Crippen molar-refractivity contribution in [3.05, 3.63) is 28.2 Å². The summed E-state index contributed by atoms with van der Waals surface area (Å²) in [5.74, 6) is 0. The molecule has 0 bridgehead atoms. The molecule has 1 aromatic rings. The third-order valence-electron chi connectivity index (χ3n) is 3.88. The van der Waals surface area contributed by atoms with Crippen molar-refractivity contribution in [2.24, 2.45) is 0 Å². The Morgan fingerprint density at radius 3 is 2.94 bits per heavy atom. The zero-order chi connectivity index (χ0) is 11.8. The topological polar surface area (TPSA) is 15.3 Å². The first-order chi connectivity index (χ1) is 8.24. The highest BCUT2D eigenvalue weighted by atomic mass is 35.5. The molecule has 0 radical (unpaired) electrons. The summed E-state index contributed by atoms with van der Waals surface area (Å²) in [6.07, 6.45) is 3.83. The van der Waals surface area contributed by atoms with E-state index >= 15 is 0 Å². The number of rotatable bonds is 2. The number of fused-ring (bicyclic) bond motifs is 1. The summed E-state index contributed by atoms with van der Waals surface area (Å²) in [4.78, 5) is 2.58. The minimum Gasteiger partial charge on any atom is -0.379 e. The fraction of sp³-hybridized carbons (Fsp3) is 0.538. The first-order valence-electron chi connectivity index (χ1n) is 6.20. The van der Waals surface area contributed by atoms with Gasteiger partial charge >= 0.3 is 0 Å². The molecule has 2 heterocycles. The first kappa shape index (κ1) is 11.6. The monoisotopic (exact) mass is 270 g/mol. The Labute approximate surface area is 112 Å². The lowest BCUT2D eigenvalue weighted by Gasteiger charge is -2.22. The molecule has 2 aliphatic heterocycles. The standard InChI is InChI=1S/C13H16Cl2N2/c14-9-3-4-10(15)12(8-9)16-11-5-7-17-6-1-2-13(11)17/h3-4,8,11,13,16H,1-2,5-7H2. The summed E-state index contributed by atoms with van der Waals surface area (Å²) in [5.41, 5.74) is 0.970. The van der Waals surface area contributed by atoms with Gasteiger partial charge in [0.15, 0.2) is 0 Å². The van der Waals surface area contributed by atoms with E-state index in [1.54, 1.807) is 0 Å². The van der Waals surface area contributed by atoms with Gasteiger partial charge < -0.3 is 5.32 Å². The van der Waals surface area contributed by atoms with E-state index in [4.69, 9.17) is 23.2 Å². The lowest BCUT2D eigenvalue weighted by molar-refractivity contribution is 0.318. The Kier molecular flexibility index (Phi) is 3.20. The van der Waals surface area contributed by atoms with Crippen molar-refractivity contribution in [2.45, 2.75) is 31.3 Å². The van der Waals surface area contributed by atoms with Crippen LogP contribution in [0, 0.1) is 0 Å². The van der Waals surface area contributed by atoms with Gasteiger partial charge in [-0.1, -0.05) is 23.2 Å². The molecule has 3 rings (SSSR count). The number of hydrogen-bond donors (Lipinski definition) is 1. The van der Waals surface area contributed by atoms with Crippen molar-refractivity contribution in [1.82, 2.24) is 4.90 Å². The van der Waals surface area contributed by atoms with Crippen molar-refractivity contribution in [2.75, 3.05) is 18.4 Å². The number of hydrogen-bond acceptors (Lipinski definition) is 2. The molecule has 2 saturated heterocycles. The van der Waals surface area contributed by atoms with Crippen molar-refractivity contribution in [3.63, 3.8) is 0 Å². The highest BCUT2D eigenvalue weighted by Gasteiger charge is 2.37. The second-order valence-electron chi connectivity index (χ2n) is 4.91. The maximum absolute atomic E-state index is 6.18. The highest BCUT2D eigenvalue weighted by molar-refractivity contribution is 6.35. The van der Waals surface area contributed by atoms with E-state index in [9.17, 15) is 0 Å². The van der Waals surface area contributed by atoms with Crippen LogP contribution in [0.1, 0.15) is 19.3 Å². The number of benzene rings is 1. The predicted octanol–water partition coefficient (Wildman–Crippen LogP) is 3.64. The average molecular weight is 271 g/mol. The van der Waals surface area contributed by atoms with Gasteiger partial charge in [0, 0.05) is 23.7 Å². The van der Waals surface area contributed by atoms with Gasteiger partial charge in [0.25, 0.3) is 0 Å². The molecule has 2 atom stereocenters. The van der Waals surface area contributed by atoms with Gasteiger partial charge in [0.2, 0.25) is 0 Å². The molecule has 2 unspecified atom stereocenters. The van der Waals surface area contributed by atoms with E-state index in [2.05, 4.69) is 10.2 Å². The Morgan fingerprint density at radius 1 is 1.18 bits per heavy atom. The molecule has 0 spiro atoms. The van der Waals surface area contributed by atoms with Crippen LogP contribution in [0.25, 0.3) is 0 Å². The zero-order valence-electron chi connectivity index (χ0n) is 9.63. The number of halogens is 2. The molecule has 0 amide bonds. The van der Waals surface area contributed by atoms with Crippen LogP contribution < -0.4 is 5.32 Å². The van der Waals surface area contributed by atoms with Crippen molar-refractivity contribution in [1.29, 1.82) is 0 Å². The quantitative estimate of drug-likeness (QED) is 0.883. The Morgan fingerprint density at radius 2 is 2.06 bits per heavy atom. The molecule has 0 aliphatic carbocycles. The predicted molar refractivity (Wildman–Crippen MR) is 73.1 cm³/mol. The largest absolute Gasteiger partial charge is 0.379 e. The molecule has 1 aromatic carbocycles. The summed E-state index contributed by atoms with van der Waals surface area (Å²) in [7, 11) is 0. The molecule has 1 N–H and O–H groups in total. The van der Waals surface area contributed by atoms with Gasteiger partial charge in [-0.25, -0.2) is 0 Å². The molecule has 0 saturated carbocycles. The maximum Gasteiger partial charge on any atom is 0.0638 e. The number of anilines is 1. The van der Waals surface area contributed by atoms with Crippen molar-refractivity contribution in [3.8, 4) is 0 Å². The first-order valence-corrected chi connectivity index (χ1v) is 6.95. The third-order valence-corrected chi connectivity index (χ3v) is 4.44. The van der Waals surface area contributed by atoms with Gasteiger partial charge in [-0.2, -0.15) is 0 Å². The summed E-state index contributed by atoms with van der Waals surface area (Å²) in [5, 5.41) is 5.05. The van der Waals surface area contributed by atoms with Crippen LogP contribution in [0.4, 0.5) is 5.69 Å². The van der Waals surface area contributed by atoms with Crippen LogP contribution in [-0.2, 0) is 0 Å². The molecule has 4 heteroatoms. The van der Waals surface area contributed by atoms with Crippen molar-refractivity contribution >= 4 is 28.9 Å². The fourth-order valence-electron chi connectivity index (χ4n) is 3.06. The average Bonchev–Trinajstić information content (AvgIpc) is 2.88. The summed E-state index contributed by atoms with van der Waals surface area (Å²) in [6, 6.07) is 6.80. The van der Waals surface area contributed by atoms with Gasteiger partial charge in [0.1, 0.15) is 0 Å². The van der Waals surface area contributed by atoms with Crippen LogP contribution in [0.3, 0.4) is 0 Å².